The van der Waals surface area contributed by atoms with Crippen molar-refractivity contribution >= 4 is 11.6 Å². The number of nitrogens with zero attached hydrogens (tertiary/aromatic N) is 2. The van der Waals surface area contributed by atoms with Crippen molar-refractivity contribution in [1.82, 2.24) is 4.98 Å². The molecule has 3 heteroatoms. The topological polar surface area (TPSA) is 28.2 Å². The van der Waals surface area contributed by atoms with Crippen LogP contribution in [0.1, 0.15) is 59.8 Å². The quantitative estimate of drug-likeness (QED) is 0.880. The van der Waals surface area contributed by atoms with Gasteiger partial charge in [0, 0.05) is 18.1 Å². The van der Waals surface area contributed by atoms with Gasteiger partial charge in [0.1, 0.15) is 11.6 Å². The molecule has 1 aromatic heterocycles. The van der Waals surface area contributed by atoms with Gasteiger partial charge >= 0.3 is 0 Å². The van der Waals surface area contributed by atoms with Crippen molar-refractivity contribution in [2.24, 2.45) is 0 Å². The van der Waals surface area contributed by atoms with Gasteiger partial charge in [-0.15, -0.1) is 0 Å². The summed E-state index contributed by atoms with van der Waals surface area (Å²) in [5.74, 6) is 2.12. The van der Waals surface area contributed by atoms with E-state index >= 15 is 0 Å². The number of hydrogen-bond acceptors (Lipinski definition) is 3. The standard InChI is InChI=1S/C17H29N3/c1-5-9-14-10-6-7-13-20(14)16-12-8-11-15(18-16)19-17(2,3)4/h8,11-12,14H,5-7,9-10,13H2,1-4H3,(H,18,19). The van der Waals surface area contributed by atoms with Gasteiger partial charge in [0.15, 0.2) is 0 Å². The molecule has 1 aliphatic rings. The van der Waals surface area contributed by atoms with Crippen LogP contribution in [0.4, 0.5) is 11.6 Å². The summed E-state index contributed by atoms with van der Waals surface area (Å²) in [6.07, 6.45) is 6.49. The van der Waals surface area contributed by atoms with Crippen LogP contribution < -0.4 is 10.2 Å². The van der Waals surface area contributed by atoms with Gasteiger partial charge in [-0.1, -0.05) is 19.4 Å². The highest BCUT2D eigenvalue weighted by molar-refractivity contribution is 5.49. The minimum Gasteiger partial charge on any atom is -0.365 e. The SMILES string of the molecule is CCCC1CCCCN1c1cccc(NC(C)(C)C)n1. The molecule has 20 heavy (non-hydrogen) atoms. The molecule has 0 amide bonds. The fourth-order valence-corrected chi connectivity index (χ4v) is 2.97. The molecule has 3 nitrogen and oxygen atoms in total. The second kappa shape index (κ2) is 6.47. The largest absolute Gasteiger partial charge is 0.365 e. The average Bonchev–Trinajstić information content (AvgIpc) is 2.38. The predicted octanol–water partition coefficient (Wildman–Crippen LogP) is 4.45. The molecule has 112 valence electrons. The molecular formula is C17H29N3. The number of pyridine rings is 1. The maximum absolute atomic E-state index is 4.83. The van der Waals surface area contributed by atoms with Crippen molar-refractivity contribution in [3.8, 4) is 0 Å². The van der Waals surface area contributed by atoms with Crippen molar-refractivity contribution in [2.45, 2.75) is 71.4 Å². The third-order valence-corrected chi connectivity index (χ3v) is 3.78. The highest BCUT2D eigenvalue weighted by atomic mass is 15.2. The summed E-state index contributed by atoms with van der Waals surface area (Å²) >= 11 is 0. The second-order valence-electron chi connectivity index (χ2n) is 6.89. The van der Waals surface area contributed by atoms with E-state index in [2.05, 4.69) is 56.1 Å². The monoisotopic (exact) mass is 275 g/mol. The zero-order chi connectivity index (χ0) is 14.6. The lowest BCUT2D eigenvalue weighted by atomic mass is 9.98. The van der Waals surface area contributed by atoms with E-state index in [1.165, 1.54) is 32.1 Å². The van der Waals surface area contributed by atoms with Gasteiger partial charge < -0.3 is 10.2 Å². The van der Waals surface area contributed by atoms with Gasteiger partial charge in [0.25, 0.3) is 0 Å². The Morgan fingerprint density at radius 1 is 1.30 bits per heavy atom. The van der Waals surface area contributed by atoms with Crippen LogP contribution in [0, 0.1) is 0 Å². The minimum atomic E-state index is 0.0519. The van der Waals surface area contributed by atoms with Gasteiger partial charge in [0.05, 0.1) is 0 Å². The maximum Gasteiger partial charge on any atom is 0.131 e. The van der Waals surface area contributed by atoms with Crippen LogP contribution in [0.5, 0.6) is 0 Å². The Morgan fingerprint density at radius 2 is 2.10 bits per heavy atom. The number of anilines is 2. The molecule has 1 atom stereocenters. The Morgan fingerprint density at radius 3 is 2.80 bits per heavy atom. The summed E-state index contributed by atoms with van der Waals surface area (Å²) in [6, 6.07) is 7.01. The van der Waals surface area contributed by atoms with E-state index in [1.807, 2.05) is 0 Å². The Hall–Kier alpha value is -1.25. The van der Waals surface area contributed by atoms with Crippen molar-refractivity contribution < 1.29 is 0 Å². The van der Waals surface area contributed by atoms with E-state index in [9.17, 15) is 0 Å². The van der Waals surface area contributed by atoms with Crippen LogP contribution >= 0.6 is 0 Å². The fourth-order valence-electron chi connectivity index (χ4n) is 2.97. The molecular weight excluding hydrogens is 246 g/mol. The van der Waals surface area contributed by atoms with E-state index in [-0.39, 0.29) is 5.54 Å². The lowest BCUT2D eigenvalue weighted by molar-refractivity contribution is 0.432. The molecule has 1 unspecified atom stereocenters. The first-order valence-electron chi connectivity index (χ1n) is 8.01. The van der Waals surface area contributed by atoms with Crippen molar-refractivity contribution in [3.05, 3.63) is 18.2 Å². The van der Waals surface area contributed by atoms with Crippen molar-refractivity contribution in [2.75, 3.05) is 16.8 Å². The Balaban J connectivity index is 2.16. The number of rotatable bonds is 4. The van der Waals surface area contributed by atoms with Crippen LogP contribution in [0.15, 0.2) is 18.2 Å². The van der Waals surface area contributed by atoms with Gasteiger partial charge in [-0.05, 0) is 58.6 Å². The Kier molecular flexibility index (Phi) is 4.90. The number of nitrogens with one attached hydrogen (secondary N) is 1. The van der Waals surface area contributed by atoms with Crippen molar-refractivity contribution in [3.63, 3.8) is 0 Å². The summed E-state index contributed by atoms with van der Waals surface area (Å²) in [4.78, 5) is 7.34. The molecule has 2 rings (SSSR count). The zero-order valence-electron chi connectivity index (χ0n) is 13.4. The average molecular weight is 275 g/mol. The summed E-state index contributed by atoms with van der Waals surface area (Å²) < 4.78 is 0. The van der Waals surface area contributed by atoms with Crippen LogP contribution in [-0.4, -0.2) is 23.1 Å². The van der Waals surface area contributed by atoms with Gasteiger partial charge in [-0.25, -0.2) is 4.98 Å². The second-order valence-corrected chi connectivity index (χ2v) is 6.89. The molecule has 1 saturated heterocycles. The van der Waals surface area contributed by atoms with Gasteiger partial charge in [-0.3, -0.25) is 0 Å². The molecule has 0 spiro atoms. The molecule has 1 aliphatic heterocycles. The third-order valence-electron chi connectivity index (χ3n) is 3.78. The van der Waals surface area contributed by atoms with Crippen LogP contribution in [0.2, 0.25) is 0 Å². The highest BCUT2D eigenvalue weighted by Crippen LogP contribution is 2.27. The number of piperidine rings is 1. The van der Waals surface area contributed by atoms with Crippen molar-refractivity contribution in [1.29, 1.82) is 0 Å². The fraction of sp³-hybridized carbons (Fsp3) is 0.706. The minimum absolute atomic E-state index is 0.0519. The van der Waals surface area contributed by atoms with E-state index < -0.39 is 0 Å². The van der Waals surface area contributed by atoms with E-state index in [1.54, 1.807) is 0 Å². The third kappa shape index (κ3) is 4.12. The normalized spacial score (nSPS) is 20.0. The first kappa shape index (κ1) is 15.1. The number of hydrogen-bond donors (Lipinski definition) is 1. The Bertz CT molecular complexity index is 420. The molecule has 0 saturated carbocycles. The van der Waals surface area contributed by atoms with E-state index in [0.717, 1.165) is 18.2 Å². The summed E-state index contributed by atoms with van der Waals surface area (Å²) in [7, 11) is 0. The molecule has 1 N–H and O–H groups in total. The molecule has 1 aromatic rings. The summed E-state index contributed by atoms with van der Waals surface area (Å²) in [5, 5.41) is 3.47. The zero-order valence-corrected chi connectivity index (χ0v) is 13.4. The molecule has 1 fully saturated rings. The van der Waals surface area contributed by atoms with Crippen LogP contribution in [0.3, 0.4) is 0 Å². The Labute approximate surface area is 123 Å². The van der Waals surface area contributed by atoms with E-state index in [4.69, 9.17) is 4.98 Å². The number of aromatic nitrogens is 1. The predicted molar refractivity (Wildman–Crippen MR) is 87.5 cm³/mol. The highest BCUT2D eigenvalue weighted by Gasteiger charge is 2.23. The van der Waals surface area contributed by atoms with E-state index in [0.29, 0.717) is 6.04 Å². The first-order valence-corrected chi connectivity index (χ1v) is 8.01. The molecule has 0 radical (unpaired) electrons. The molecule has 0 aromatic carbocycles. The molecule has 0 bridgehead atoms. The van der Waals surface area contributed by atoms with Gasteiger partial charge in [0.2, 0.25) is 0 Å². The summed E-state index contributed by atoms with van der Waals surface area (Å²) in [6.45, 7) is 9.93. The molecule has 0 aliphatic carbocycles. The molecule has 2 heterocycles. The van der Waals surface area contributed by atoms with Gasteiger partial charge in [-0.2, -0.15) is 0 Å². The summed E-state index contributed by atoms with van der Waals surface area (Å²) in [5.41, 5.74) is 0.0519. The lowest BCUT2D eigenvalue weighted by Gasteiger charge is -2.37. The van der Waals surface area contributed by atoms with Crippen LogP contribution in [0.25, 0.3) is 0 Å². The van der Waals surface area contributed by atoms with Crippen LogP contribution in [-0.2, 0) is 0 Å². The lowest BCUT2D eigenvalue weighted by Crippen LogP contribution is -2.40. The first-order chi connectivity index (χ1) is 9.49. The maximum atomic E-state index is 4.83. The smallest absolute Gasteiger partial charge is 0.131 e.